The lowest BCUT2D eigenvalue weighted by atomic mass is 10.0. The molecule has 0 bridgehead atoms. The summed E-state index contributed by atoms with van der Waals surface area (Å²) < 4.78 is 25.9. The molecule has 0 saturated heterocycles. The van der Waals surface area contributed by atoms with Gasteiger partial charge in [-0.25, -0.2) is 13.2 Å². The fourth-order valence-corrected chi connectivity index (χ4v) is 5.03. The minimum Gasteiger partial charge on any atom is -0.308 e. The molecule has 33 heavy (non-hydrogen) atoms. The number of hydrogen-bond acceptors (Lipinski definition) is 4. The summed E-state index contributed by atoms with van der Waals surface area (Å²) in [6.07, 6.45) is 3.17. The number of anilines is 2. The van der Waals surface area contributed by atoms with Crippen molar-refractivity contribution >= 4 is 27.2 Å². The summed E-state index contributed by atoms with van der Waals surface area (Å²) in [5.41, 5.74) is 4.53. The van der Waals surface area contributed by atoms with Gasteiger partial charge in [-0.05, 0) is 46.5 Å². The molecular formula is C26H23N3O3S. The standard InChI is InChI=1S/C26H23N3O3S/c30-26(29-24-14-16-27-17-15-24)28-23-12-10-20(11-13-23)18-33(31,32)19-22-8-4-5-9-25(22)21-6-2-1-3-7-21/h1-17H,18-19H2,(H2,27,28,29,30). The van der Waals surface area contributed by atoms with Gasteiger partial charge in [-0.1, -0.05) is 66.7 Å². The fourth-order valence-electron chi connectivity index (χ4n) is 3.50. The van der Waals surface area contributed by atoms with Gasteiger partial charge in [-0.3, -0.25) is 4.98 Å². The molecule has 7 heteroatoms. The van der Waals surface area contributed by atoms with Crippen molar-refractivity contribution < 1.29 is 13.2 Å². The zero-order valence-corrected chi connectivity index (χ0v) is 18.6. The van der Waals surface area contributed by atoms with E-state index in [0.717, 1.165) is 16.7 Å². The van der Waals surface area contributed by atoms with Crippen LogP contribution in [-0.4, -0.2) is 19.4 Å². The first-order valence-corrected chi connectivity index (χ1v) is 12.2. The maximum Gasteiger partial charge on any atom is 0.323 e. The van der Waals surface area contributed by atoms with Crippen LogP contribution in [0.2, 0.25) is 0 Å². The number of benzene rings is 3. The average Bonchev–Trinajstić information content (AvgIpc) is 2.81. The highest BCUT2D eigenvalue weighted by Gasteiger charge is 2.16. The second-order valence-electron chi connectivity index (χ2n) is 7.57. The zero-order chi connectivity index (χ0) is 23.1. The molecule has 4 rings (SSSR count). The number of amides is 2. The van der Waals surface area contributed by atoms with E-state index in [-0.39, 0.29) is 17.5 Å². The van der Waals surface area contributed by atoms with E-state index in [1.807, 2.05) is 54.6 Å². The lowest BCUT2D eigenvalue weighted by Crippen LogP contribution is -2.19. The maximum atomic E-state index is 12.9. The number of nitrogens with zero attached hydrogens (tertiary/aromatic N) is 1. The topological polar surface area (TPSA) is 88.2 Å². The third-order valence-electron chi connectivity index (χ3n) is 5.01. The lowest BCUT2D eigenvalue weighted by Gasteiger charge is -2.11. The lowest BCUT2D eigenvalue weighted by molar-refractivity contribution is 0.262. The first kappa shape index (κ1) is 22.2. The van der Waals surface area contributed by atoms with Crippen LogP contribution in [0.5, 0.6) is 0 Å². The SMILES string of the molecule is O=C(Nc1ccncc1)Nc1ccc(CS(=O)(=O)Cc2ccccc2-c2ccccc2)cc1. The van der Waals surface area contributed by atoms with E-state index >= 15 is 0 Å². The Morgan fingerprint density at radius 2 is 1.30 bits per heavy atom. The van der Waals surface area contributed by atoms with Gasteiger partial charge in [0.15, 0.2) is 9.84 Å². The molecule has 0 spiro atoms. The van der Waals surface area contributed by atoms with E-state index in [0.29, 0.717) is 16.9 Å². The van der Waals surface area contributed by atoms with Gasteiger partial charge in [0.2, 0.25) is 0 Å². The summed E-state index contributed by atoms with van der Waals surface area (Å²) in [6.45, 7) is 0. The molecule has 6 nitrogen and oxygen atoms in total. The molecule has 0 aliphatic rings. The number of carbonyl (C=O) groups is 1. The molecule has 166 valence electrons. The Balaban J connectivity index is 1.40. The predicted molar refractivity (Wildman–Crippen MR) is 132 cm³/mol. The van der Waals surface area contributed by atoms with Crippen molar-refractivity contribution in [3.05, 3.63) is 115 Å². The number of carbonyl (C=O) groups excluding carboxylic acids is 1. The number of sulfone groups is 1. The molecule has 0 atom stereocenters. The zero-order valence-electron chi connectivity index (χ0n) is 17.8. The second kappa shape index (κ2) is 10.1. The quantitative estimate of drug-likeness (QED) is 0.383. The van der Waals surface area contributed by atoms with Crippen LogP contribution in [0.3, 0.4) is 0 Å². The van der Waals surface area contributed by atoms with Crippen LogP contribution >= 0.6 is 0 Å². The van der Waals surface area contributed by atoms with Crippen molar-refractivity contribution in [2.24, 2.45) is 0 Å². The Morgan fingerprint density at radius 1 is 0.697 bits per heavy atom. The Morgan fingerprint density at radius 3 is 2.00 bits per heavy atom. The van der Waals surface area contributed by atoms with Crippen LogP contribution in [0.4, 0.5) is 16.2 Å². The third kappa shape index (κ3) is 6.27. The highest BCUT2D eigenvalue weighted by molar-refractivity contribution is 7.89. The molecule has 0 radical (unpaired) electrons. The van der Waals surface area contributed by atoms with Crippen molar-refractivity contribution in [3.8, 4) is 11.1 Å². The Kier molecular flexibility index (Phi) is 6.80. The molecule has 2 amide bonds. The predicted octanol–water partition coefficient (Wildman–Crippen LogP) is 5.51. The van der Waals surface area contributed by atoms with Crippen LogP contribution < -0.4 is 10.6 Å². The van der Waals surface area contributed by atoms with Crippen molar-refractivity contribution in [3.63, 3.8) is 0 Å². The third-order valence-corrected chi connectivity index (χ3v) is 6.54. The first-order chi connectivity index (χ1) is 16.0. The number of rotatable bonds is 7. The molecule has 0 saturated carbocycles. The molecule has 3 aromatic carbocycles. The minimum absolute atomic E-state index is 0.0492. The van der Waals surface area contributed by atoms with Crippen molar-refractivity contribution in [1.29, 1.82) is 0 Å². The summed E-state index contributed by atoms with van der Waals surface area (Å²) in [4.78, 5) is 16.0. The van der Waals surface area contributed by atoms with Gasteiger partial charge in [0.1, 0.15) is 0 Å². The fraction of sp³-hybridized carbons (Fsp3) is 0.0769. The van der Waals surface area contributed by atoms with Gasteiger partial charge < -0.3 is 10.6 Å². The average molecular weight is 458 g/mol. The molecular weight excluding hydrogens is 434 g/mol. The van der Waals surface area contributed by atoms with E-state index in [2.05, 4.69) is 15.6 Å². The van der Waals surface area contributed by atoms with E-state index < -0.39 is 9.84 Å². The highest BCUT2D eigenvalue weighted by Crippen LogP contribution is 2.26. The number of urea groups is 1. The number of aromatic nitrogens is 1. The molecule has 1 heterocycles. The number of nitrogens with one attached hydrogen (secondary N) is 2. The maximum absolute atomic E-state index is 12.9. The summed E-state index contributed by atoms with van der Waals surface area (Å²) in [7, 11) is -3.40. The monoisotopic (exact) mass is 457 g/mol. The van der Waals surface area contributed by atoms with Crippen LogP contribution in [0, 0.1) is 0 Å². The Bertz CT molecular complexity index is 1320. The van der Waals surface area contributed by atoms with Crippen molar-refractivity contribution in [1.82, 2.24) is 4.98 Å². The summed E-state index contributed by atoms with van der Waals surface area (Å²) in [6, 6.07) is 27.1. The number of pyridine rings is 1. The van der Waals surface area contributed by atoms with E-state index in [1.54, 1.807) is 48.8 Å². The molecule has 1 aromatic heterocycles. The molecule has 4 aromatic rings. The Labute approximate surface area is 193 Å². The van der Waals surface area contributed by atoms with Gasteiger partial charge in [-0.2, -0.15) is 0 Å². The minimum atomic E-state index is -3.40. The van der Waals surface area contributed by atoms with Gasteiger partial charge in [0.25, 0.3) is 0 Å². The largest absolute Gasteiger partial charge is 0.323 e. The van der Waals surface area contributed by atoms with Crippen LogP contribution in [0.1, 0.15) is 11.1 Å². The molecule has 0 aliphatic heterocycles. The molecule has 0 fully saturated rings. The summed E-state index contributed by atoms with van der Waals surface area (Å²) >= 11 is 0. The second-order valence-corrected chi connectivity index (χ2v) is 9.63. The highest BCUT2D eigenvalue weighted by atomic mass is 32.2. The van der Waals surface area contributed by atoms with E-state index in [9.17, 15) is 13.2 Å². The van der Waals surface area contributed by atoms with Crippen LogP contribution in [0.25, 0.3) is 11.1 Å². The number of hydrogen-bond donors (Lipinski definition) is 2. The van der Waals surface area contributed by atoms with Crippen LogP contribution in [0.15, 0.2) is 103 Å². The van der Waals surface area contributed by atoms with Gasteiger partial charge in [0, 0.05) is 23.8 Å². The smallest absolute Gasteiger partial charge is 0.308 e. The van der Waals surface area contributed by atoms with Gasteiger partial charge >= 0.3 is 6.03 Å². The van der Waals surface area contributed by atoms with Crippen LogP contribution in [-0.2, 0) is 21.3 Å². The summed E-state index contributed by atoms with van der Waals surface area (Å²) in [5.74, 6) is -0.133. The van der Waals surface area contributed by atoms with E-state index in [4.69, 9.17) is 0 Å². The van der Waals surface area contributed by atoms with Crippen molar-refractivity contribution in [2.45, 2.75) is 11.5 Å². The van der Waals surface area contributed by atoms with Crippen molar-refractivity contribution in [2.75, 3.05) is 10.6 Å². The normalized spacial score (nSPS) is 11.0. The van der Waals surface area contributed by atoms with E-state index in [1.165, 1.54) is 0 Å². The molecule has 2 N–H and O–H groups in total. The summed E-state index contributed by atoms with van der Waals surface area (Å²) in [5, 5.41) is 5.43. The van der Waals surface area contributed by atoms with Gasteiger partial charge in [-0.15, -0.1) is 0 Å². The molecule has 0 aliphatic carbocycles. The van der Waals surface area contributed by atoms with Gasteiger partial charge in [0.05, 0.1) is 11.5 Å². The molecule has 0 unspecified atom stereocenters. The Hall–Kier alpha value is -3.97. The first-order valence-electron chi connectivity index (χ1n) is 10.4.